The highest BCUT2D eigenvalue weighted by atomic mass is 32.1. The van der Waals surface area contributed by atoms with Gasteiger partial charge < -0.3 is 10.0 Å². The Morgan fingerprint density at radius 2 is 1.67 bits per heavy atom. The lowest BCUT2D eigenvalue weighted by atomic mass is 9.52. The number of aliphatic carboxylic acids is 1. The molecule has 4 bridgehead atoms. The lowest BCUT2D eigenvalue weighted by molar-refractivity contribution is -0.162. The van der Waals surface area contributed by atoms with Gasteiger partial charge in [-0.25, -0.2) is 0 Å². The molecule has 1 atom stereocenters. The van der Waals surface area contributed by atoms with Gasteiger partial charge in [0.05, 0.1) is 0 Å². The second-order valence-electron chi connectivity index (χ2n) is 7.54. The van der Waals surface area contributed by atoms with Crippen molar-refractivity contribution in [3.8, 4) is 0 Å². The summed E-state index contributed by atoms with van der Waals surface area (Å²) in [4.78, 5) is 25.8. The average molecular weight is 311 g/mol. The van der Waals surface area contributed by atoms with Crippen LogP contribution in [0.25, 0.3) is 0 Å². The highest BCUT2D eigenvalue weighted by molar-refractivity contribution is 7.80. The number of carboxylic acid groups (broad SMARTS) is 1. The van der Waals surface area contributed by atoms with Crippen LogP contribution in [0.1, 0.15) is 45.4 Å². The summed E-state index contributed by atoms with van der Waals surface area (Å²) in [5, 5.41) is 9.28. The predicted molar refractivity (Wildman–Crippen MR) is 83.3 cm³/mol. The molecule has 0 radical (unpaired) electrons. The zero-order valence-electron chi connectivity index (χ0n) is 12.6. The summed E-state index contributed by atoms with van der Waals surface area (Å²) in [6.07, 6.45) is 6.90. The minimum Gasteiger partial charge on any atom is -0.480 e. The summed E-state index contributed by atoms with van der Waals surface area (Å²) >= 11 is 4.22. The third-order valence-electron chi connectivity index (χ3n) is 5.83. The van der Waals surface area contributed by atoms with Crippen LogP contribution in [0.15, 0.2) is 0 Å². The predicted octanol–water partition coefficient (Wildman–Crippen LogP) is 2.43. The van der Waals surface area contributed by atoms with Gasteiger partial charge in [-0.05, 0) is 56.3 Å². The van der Waals surface area contributed by atoms with E-state index >= 15 is 0 Å². The van der Waals surface area contributed by atoms with Crippen LogP contribution in [0.3, 0.4) is 0 Å². The van der Waals surface area contributed by atoms with E-state index in [0.717, 1.165) is 19.3 Å². The van der Waals surface area contributed by atoms with Crippen LogP contribution in [0, 0.1) is 23.7 Å². The molecule has 4 rings (SSSR count). The minimum absolute atomic E-state index is 0.0191. The van der Waals surface area contributed by atoms with Crippen LogP contribution in [-0.4, -0.2) is 39.7 Å². The first-order valence-corrected chi connectivity index (χ1v) is 8.71. The molecular formula is C16H25NO3S. The number of rotatable bonds is 5. The Morgan fingerprint density at radius 3 is 2.05 bits per heavy atom. The van der Waals surface area contributed by atoms with E-state index in [-0.39, 0.29) is 23.9 Å². The van der Waals surface area contributed by atoms with Crippen molar-refractivity contribution in [2.75, 3.05) is 12.3 Å². The molecule has 4 aliphatic carbocycles. The fourth-order valence-corrected chi connectivity index (χ4v) is 5.51. The third kappa shape index (κ3) is 2.69. The summed E-state index contributed by atoms with van der Waals surface area (Å²) in [5.74, 6) is 1.45. The standard InChI is InChI=1S/C16H25NO3S/c1-10(9-21)15(20)17(8-14(18)19)16-5-11-2-12(6-16)4-13(3-11)7-16/h10-13,21H,2-9H2,1H3,(H,18,19). The minimum atomic E-state index is -0.898. The van der Waals surface area contributed by atoms with Crippen LogP contribution >= 0.6 is 12.6 Å². The highest BCUT2D eigenvalue weighted by Crippen LogP contribution is 2.57. The molecule has 0 spiro atoms. The molecule has 0 aromatic heterocycles. The van der Waals surface area contributed by atoms with E-state index in [1.165, 1.54) is 19.3 Å². The molecule has 0 aliphatic heterocycles. The molecule has 4 saturated carbocycles. The smallest absolute Gasteiger partial charge is 0.323 e. The Balaban J connectivity index is 1.88. The summed E-state index contributed by atoms with van der Waals surface area (Å²) in [6, 6.07) is 0. The van der Waals surface area contributed by atoms with Gasteiger partial charge in [0.15, 0.2) is 0 Å². The van der Waals surface area contributed by atoms with E-state index in [2.05, 4.69) is 12.6 Å². The first kappa shape index (κ1) is 15.2. The van der Waals surface area contributed by atoms with Crippen molar-refractivity contribution in [1.29, 1.82) is 0 Å². The normalized spacial score (nSPS) is 38.3. The van der Waals surface area contributed by atoms with Gasteiger partial charge in [-0.2, -0.15) is 12.6 Å². The highest BCUT2D eigenvalue weighted by Gasteiger charge is 2.55. The average Bonchev–Trinajstić information content (AvgIpc) is 2.41. The van der Waals surface area contributed by atoms with E-state index < -0.39 is 5.97 Å². The Hall–Kier alpha value is -0.710. The zero-order chi connectivity index (χ0) is 15.2. The van der Waals surface area contributed by atoms with E-state index in [1.807, 2.05) is 6.92 Å². The molecule has 0 heterocycles. The van der Waals surface area contributed by atoms with E-state index in [0.29, 0.717) is 23.5 Å². The van der Waals surface area contributed by atoms with Crippen LogP contribution in [0.4, 0.5) is 0 Å². The molecule has 0 saturated heterocycles. The number of nitrogens with zero attached hydrogens (tertiary/aromatic N) is 1. The van der Waals surface area contributed by atoms with Crippen LogP contribution in [0.5, 0.6) is 0 Å². The van der Waals surface area contributed by atoms with Gasteiger partial charge in [0.2, 0.25) is 5.91 Å². The van der Waals surface area contributed by atoms with Crippen LogP contribution < -0.4 is 0 Å². The van der Waals surface area contributed by atoms with Gasteiger partial charge in [-0.3, -0.25) is 9.59 Å². The second-order valence-corrected chi connectivity index (χ2v) is 7.91. The molecule has 0 aromatic rings. The van der Waals surface area contributed by atoms with Crippen LogP contribution in [0.2, 0.25) is 0 Å². The third-order valence-corrected chi connectivity index (χ3v) is 6.38. The second kappa shape index (κ2) is 5.49. The molecule has 4 aliphatic rings. The van der Waals surface area contributed by atoms with Crippen molar-refractivity contribution >= 4 is 24.5 Å². The quantitative estimate of drug-likeness (QED) is 0.767. The van der Waals surface area contributed by atoms with E-state index in [9.17, 15) is 14.7 Å². The van der Waals surface area contributed by atoms with Crippen molar-refractivity contribution in [3.63, 3.8) is 0 Å². The monoisotopic (exact) mass is 311 g/mol. The van der Waals surface area contributed by atoms with Crippen molar-refractivity contribution in [2.24, 2.45) is 23.7 Å². The van der Waals surface area contributed by atoms with Gasteiger partial charge in [0.1, 0.15) is 6.54 Å². The van der Waals surface area contributed by atoms with Gasteiger partial charge in [-0.15, -0.1) is 0 Å². The molecule has 5 heteroatoms. The van der Waals surface area contributed by atoms with Gasteiger partial charge >= 0.3 is 5.97 Å². The van der Waals surface area contributed by atoms with E-state index in [4.69, 9.17) is 0 Å². The molecule has 1 N–H and O–H groups in total. The SMILES string of the molecule is CC(CS)C(=O)N(CC(=O)O)C12CC3CC(CC(C3)C1)C2. The number of amides is 1. The summed E-state index contributed by atoms with van der Waals surface area (Å²) < 4.78 is 0. The summed E-state index contributed by atoms with van der Waals surface area (Å²) in [5.41, 5.74) is -0.179. The molecule has 1 unspecified atom stereocenters. The summed E-state index contributed by atoms with van der Waals surface area (Å²) in [6.45, 7) is 1.70. The Kier molecular flexibility index (Phi) is 3.97. The Morgan fingerprint density at radius 1 is 1.19 bits per heavy atom. The number of carboxylic acids is 1. The zero-order valence-corrected chi connectivity index (χ0v) is 13.5. The first-order valence-electron chi connectivity index (χ1n) is 8.07. The topological polar surface area (TPSA) is 57.6 Å². The van der Waals surface area contributed by atoms with Crippen molar-refractivity contribution < 1.29 is 14.7 Å². The maximum absolute atomic E-state index is 12.7. The molecule has 21 heavy (non-hydrogen) atoms. The molecular weight excluding hydrogens is 286 g/mol. The summed E-state index contributed by atoms with van der Waals surface area (Å²) in [7, 11) is 0. The fourth-order valence-electron chi connectivity index (χ4n) is 5.35. The number of hydrogen-bond donors (Lipinski definition) is 2. The molecule has 0 aromatic carbocycles. The maximum atomic E-state index is 12.7. The Bertz CT molecular complexity index is 416. The fraction of sp³-hybridized carbons (Fsp3) is 0.875. The lowest BCUT2D eigenvalue weighted by Crippen LogP contribution is -2.63. The number of thiol groups is 1. The van der Waals surface area contributed by atoms with Gasteiger partial charge in [0, 0.05) is 17.2 Å². The molecule has 1 amide bonds. The van der Waals surface area contributed by atoms with Gasteiger partial charge in [0.25, 0.3) is 0 Å². The number of carbonyl (C=O) groups excluding carboxylic acids is 1. The van der Waals surface area contributed by atoms with Gasteiger partial charge in [-0.1, -0.05) is 6.92 Å². The van der Waals surface area contributed by atoms with Crippen molar-refractivity contribution in [2.45, 2.75) is 51.0 Å². The first-order chi connectivity index (χ1) is 9.93. The maximum Gasteiger partial charge on any atom is 0.323 e. The number of carbonyl (C=O) groups is 2. The molecule has 118 valence electrons. The molecule has 4 nitrogen and oxygen atoms in total. The van der Waals surface area contributed by atoms with E-state index in [1.54, 1.807) is 4.90 Å². The largest absolute Gasteiger partial charge is 0.480 e. The van der Waals surface area contributed by atoms with Crippen LogP contribution in [-0.2, 0) is 9.59 Å². The Labute approximate surface area is 131 Å². The van der Waals surface area contributed by atoms with Crippen molar-refractivity contribution in [1.82, 2.24) is 4.90 Å². The number of hydrogen-bond acceptors (Lipinski definition) is 3. The van der Waals surface area contributed by atoms with Crippen molar-refractivity contribution in [3.05, 3.63) is 0 Å². The molecule has 4 fully saturated rings. The lowest BCUT2D eigenvalue weighted by Gasteiger charge is -2.60.